The van der Waals surface area contributed by atoms with Crippen LogP contribution >= 0.6 is 0 Å². The Kier molecular flexibility index (Phi) is 5.89. The second kappa shape index (κ2) is 8.14. The highest BCUT2D eigenvalue weighted by Crippen LogP contribution is 2.28. The summed E-state index contributed by atoms with van der Waals surface area (Å²) in [5.41, 5.74) is 2.16. The molecule has 138 valence electrons. The molecule has 2 aromatic rings. The van der Waals surface area contributed by atoms with Gasteiger partial charge in [-0.2, -0.15) is 4.31 Å². The van der Waals surface area contributed by atoms with Gasteiger partial charge in [0.1, 0.15) is 5.78 Å². The largest absolute Gasteiger partial charge is 0.300 e. The predicted octanol–water partition coefficient (Wildman–Crippen LogP) is 3.74. The van der Waals surface area contributed by atoms with Crippen molar-refractivity contribution in [3.63, 3.8) is 0 Å². The maximum Gasteiger partial charge on any atom is 0.243 e. The Bertz CT molecular complexity index is 845. The Morgan fingerprint density at radius 2 is 1.77 bits per heavy atom. The van der Waals surface area contributed by atoms with Gasteiger partial charge < -0.3 is 0 Å². The molecule has 2 aromatic carbocycles. The van der Waals surface area contributed by atoms with Crippen LogP contribution in [0.4, 0.5) is 0 Å². The molecule has 1 aliphatic heterocycles. The molecule has 0 radical (unpaired) electrons. The van der Waals surface area contributed by atoms with Crippen molar-refractivity contribution in [1.82, 2.24) is 4.31 Å². The van der Waals surface area contributed by atoms with Crippen molar-refractivity contribution in [2.45, 2.75) is 50.0 Å². The fourth-order valence-corrected chi connectivity index (χ4v) is 5.16. The van der Waals surface area contributed by atoms with Crippen molar-refractivity contribution in [2.24, 2.45) is 0 Å². The maximum atomic E-state index is 12.9. The zero-order valence-corrected chi connectivity index (χ0v) is 15.9. The number of aryl methyl sites for hydroxylation is 2. The van der Waals surface area contributed by atoms with Gasteiger partial charge in [0, 0.05) is 25.4 Å². The first-order valence-electron chi connectivity index (χ1n) is 9.11. The molecule has 3 rings (SSSR count). The molecule has 0 spiro atoms. The second-order valence-corrected chi connectivity index (χ2v) is 8.84. The summed E-state index contributed by atoms with van der Waals surface area (Å²) >= 11 is 0. The highest BCUT2D eigenvalue weighted by molar-refractivity contribution is 7.89. The summed E-state index contributed by atoms with van der Waals surface area (Å²) in [4.78, 5) is 12.7. The Labute approximate surface area is 155 Å². The average molecular weight is 372 g/mol. The molecule has 1 saturated heterocycles. The van der Waals surface area contributed by atoms with Crippen LogP contribution in [0.2, 0.25) is 0 Å². The topological polar surface area (TPSA) is 54.5 Å². The number of Topliss-reactive ketones (excluding diaryl/α,β-unsaturated/α-hetero) is 1. The van der Waals surface area contributed by atoms with E-state index in [2.05, 4.69) is 0 Å². The van der Waals surface area contributed by atoms with Crippen molar-refractivity contribution in [2.75, 3.05) is 6.54 Å². The Hall–Kier alpha value is -1.98. The monoisotopic (exact) mass is 371 g/mol. The van der Waals surface area contributed by atoms with Crippen LogP contribution in [-0.4, -0.2) is 31.1 Å². The van der Waals surface area contributed by atoms with Gasteiger partial charge in [0.2, 0.25) is 10.0 Å². The van der Waals surface area contributed by atoms with Crippen LogP contribution in [0.1, 0.15) is 36.8 Å². The number of nitrogens with zero attached hydrogens (tertiary/aromatic N) is 1. The molecular weight excluding hydrogens is 346 g/mol. The number of carbonyl (C=O) groups excluding carboxylic acids is 1. The first-order valence-corrected chi connectivity index (χ1v) is 10.5. The van der Waals surface area contributed by atoms with Crippen molar-refractivity contribution in [1.29, 1.82) is 0 Å². The molecule has 26 heavy (non-hydrogen) atoms. The summed E-state index contributed by atoms with van der Waals surface area (Å²) < 4.78 is 27.4. The number of hydrogen-bond donors (Lipinski definition) is 0. The summed E-state index contributed by atoms with van der Waals surface area (Å²) in [6.45, 7) is 2.42. The van der Waals surface area contributed by atoms with E-state index in [1.807, 2.05) is 49.4 Å². The zero-order valence-electron chi connectivity index (χ0n) is 15.1. The van der Waals surface area contributed by atoms with E-state index in [9.17, 15) is 13.2 Å². The molecule has 1 heterocycles. The van der Waals surface area contributed by atoms with Gasteiger partial charge in [0.25, 0.3) is 0 Å². The Morgan fingerprint density at radius 3 is 2.46 bits per heavy atom. The molecule has 1 unspecified atom stereocenters. The van der Waals surface area contributed by atoms with Crippen molar-refractivity contribution in [3.05, 3.63) is 65.7 Å². The molecule has 0 aromatic heterocycles. The highest BCUT2D eigenvalue weighted by Gasteiger charge is 2.36. The van der Waals surface area contributed by atoms with E-state index in [1.165, 1.54) is 4.31 Å². The van der Waals surface area contributed by atoms with Crippen LogP contribution in [0.5, 0.6) is 0 Å². The second-order valence-electron chi connectivity index (χ2n) is 6.95. The van der Waals surface area contributed by atoms with E-state index in [1.54, 1.807) is 12.1 Å². The lowest BCUT2D eigenvalue weighted by atomic mass is 10.0. The third-order valence-corrected chi connectivity index (χ3v) is 6.92. The molecule has 1 atom stereocenters. The third-order valence-electron chi connectivity index (χ3n) is 4.95. The van der Waals surface area contributed by atoms with Gasteiger partial charge in [-0.1, -0.05) is 48.0 Å². The van der Waals surface area contributed by atoms with Crippen molar-refractivity contribution >= 4 is 15.8 Å². The number of carbonyl (C=O) groups is 1. The molecule has 5 heteroatoms. The van der Waals surface area contributed by atoms with E-state index in [0.717, 1.165) is 24.0 Å². The predicted molar refractivity (Wildman–Crippen MR) is 102 cm³/mol. The van der Waals surface area contributed by atoms with E-state index in [4.69, 9.17) is 0 Å². The van der Waals surface area contributed by atoms with Gasteiger partial charge in [-0.15, -0.1) is 0 Å². The zero-order chi connectivity index (χ0) is 18.6. The standard InChI is InChI=1S/C21H25NO3S/c1-17-9-13-21(14-10-17)26(24,25)22-15-5-8-19(22)16-20(23)12-11-18-6-3-2-4-7-18/h2-4,6-7,9-10,13-14,19H,5,8,11-12,15-16H2,1H3. The maximum absolute atomic E-state index is 12.9. The fourth-order valence-electron chi connectivity index (χ4n) is 3.47. The first-order chi connectivity index (χ1) is 12.5. The molecule has 0 amide bonds. The van der Waals surface area contributed by atoms with Crippen molar-refractivity contribution in [3.8, 4) is 0 Å². The van der Waals surface area contributed by atoms with Gasteiger partial charge in [0.05, 0.1) is 4.90 Å². The quantitative estimate of drug-likeness (QED) is 0.745. The van der Waals surface area contributed by atoms with Crippen molar-refractivity contribution < 1.29 is 13.2 Å². The van der Waals surface area contributed by atoms with Gasteiger partial charge in [0.15, 0.2) is 0 Å². The Balaban J connectivity index is 1.64. The minimum atomic E-state index is -3.54. The van der Waals surface area contributed by atoms with Crippen LogP contribution in [0, 0.1) is 6.92 Å². The Morgan fingerprint density at radius 1 is 1.08 bits per heavy atom. The average Bonchev–Trinajstić information content (AvgIpc) is 3.10. The minimum absolute atomic E-state index is 0.129. The molecule has 1 aliphatic rings. The number of ketones is 1. The van der Waals surface area contributed by atoms with Gasteiger partial charge in [-0.25, -0.2) is 8.42 Å². The molecule has 0 saturated carbocycles. The smallest absolute Gasteiger partial charge is 0.243 e. The SMILES string of the molecule is Cc1ccc(S(=O)(=O)N2CCCC2CC(=O)CCc2ccccc2)cc1. The lowest BCUT2D eigenvalue weighted by Gasteiger charge is -2.23. The molecular formula is C21H25NO3S. The van der Waals surface area contributed by atoms with Gasteiger partial charge in [-0.3, -0.25) is 4.79 Å². The van der Waals surface area contributed by atoms with Crippen LogP contribution < -0.4 is 0 Å². The molecule has 0 aliphatic carbocycles. The van der Waals surface area contributed by atoms with Crippen LogP contribution in [0.3, 0.4) is 0 Å². The molecule has 0 N–H and O–H groups in total. The highest BCUT2D eigenvalue weighted by atomic mass is 32.2. The minimum Gasteiger partial charge on any atom is -0.300 e. The lowest BCUT2D eigenvalue weighted by molar-refractivity contribution is -0.119. The van der Waals surface area contributed by atoms with Crippen LogP contribution in [0.15, 0.2) is 59.5 Å². The number of hydrogen-bond acceptors (Lipinski definition) is 3. The number of benzene rings is 2. The van der Waals surface area contributed by atoms with Crippen LogP contribution in [0.25, 0.3) is 0 Å². The number of sulfonamides is 1. The normalized spacial score (nSPS) is 18.1. The summed E-state index contributed by atoms with van der Waals surface area (Å²) in [6.07, 6.45) is 3.03. The van der Waals surface area contributed by atoms with Crippen LogP contribution in [-0.2, 0) is 21.2 Å². The van der Waals surface area contributed by atoms with Gasteiger partial charge >= 0.3 is 0 Å². The van der Waals surface area contributed by atoms with E-state index in [-0.39, 0.29) is 11.8 Å². The van der Waals surface area contributed by atoms with E-state index in [0.29, 0.717) is 30.7 Å². The lowest BCUT2D eigenvalue weighted by Crippen LogP contribution is -2.36. The van der Waals surface area contributed by atoms with E-state index < -0.39 is 10.0 Å². The first kappa shape index (κ1) is 18.8. The van der Waals surface area contributed by atoms with E-state index >= 15 is 0 Å². The molecule has 1 fully saturated rings. The molecule has 4 nitrogen and oxygen atoms in total. The third kappa shape index (κ3) is 4.40. The van der Waals surface area contributed by atoms with Gasteiger partial charge in [-0.05, 0) is 43.9 Å². The summed E-state index contributed by atoms with van der Waals surface area (Å²) in [7, 11) is -3.54. The number of rotatable bonds is 7. The summed E-state index contributed by atoms with van der Waals surface area (Å²) in [5, 5.41) is 0. The molecule has 0 bridgehead atoms. The summed E-state index contributed by atoms with van der Waals surface area (Å²) in [5.74, 6) is 0.129. The fraction of sp³-hybridized carbons (Fsp3) is 0.381. The summed E-state index contributed by atoms with van der Waals surface area (Å²) in [6, 6.07) is 16.6.